The van der Waals surface area contributed by atoms with Gasteiger partial charge in [0.2, 0.25) is 0 Å². The molecule has 0 saturated carbocycles. The Morgan fingerprint density at radius 1 is 1.45 bits per heavy atom. The molecule has 1 saturated heterocycles. The molecular weight excluding hydrogens is 144 g/mol. The van der Waals surface area contributed by atoms with Crippen molar-refractivity contribution in [1.82, 2.24) is 10.9 Å². The zero-order chi connectivity index (χ0) is 8.27. The van der Waals surface area contributed by atoms with Gasteiger partial charge >= 0.3 is 5.97 Å². The summed E-state index contributed by atoms with van der Waals surface area (Å²) in [4.78, 5) is 10.9. The largest absolute Gasteiger partial charge is 0.468 e. The molecule has 1 aliphatic heterocycles. The standard InChI is InChI=1S/C7H14N2O2/c1-5-3-4-6(9-8-5)7(10)11-2/h5-6,8-9H,3-4H2,1-2H3. The number of hydrogen-bond acceptors (Lipinski definition) is 4. The lowest BCUT2D eigenvalue weighted by Crippen LogP contribution is -2.53. The van der Waals surface area contributed by atoms with Crippen molar-refractivity contribution in [3.8, 4) is 0 Å². The number of esters is 1. The van der Waals surface area contributed by atoms with Gasteiger partial charge in [-0.1, -0.05) is 0 Å². The molecule has 0 aromatic rings. The fourth-order valence-electron chi connectivity index (χ4n) is 1.12. The monoisotopic (exact) mass is 158 g/mol. The van der Waals surface area contributed by atoms with E-state index in [2.05, 4.69) is 22.5 Å². The van der Waals surface area contributed by atoms with E-state index in [0.29, 0.717) is 6.04 Å². The molecule has 0 aromatic carbocycles. The van der Waals surface area contributed by atoms with Crippen LogP contribution in [-0.4, -0.2) is 25.2 Å². The first-order valence-corrected chi connectivity index (χ1v) is 3.83. The summed E-state index contributed by atoms with van der Waals surface area (Å²) in [6.45, 7) is 2.07. The van der Waals surface area contributed by atoms with Crippen LogP contribution in [0.15, 0.2) is 0 Å². The molecule has 4 heteroatoms. The van der Waals surface area contributed by atoms with Gasteiger partial charge in [0.1, 0.15) is 6.04 Å². The smallest absolute Gasteiger partial charge is 0.324 e. The third-order valence-corrected chi connectivity index (χ3v) is 1.88. The van der Waals surface area contributed by atoms with Crippen LogP contribution >= 0.6 is 0 Å². The van der Waals surface area contributed by atoms with Crippen molar-refractivity contribution in [2.45, 2.75) is 31.8 Å². The minimum atomic E-state index is -0.190. The Bertz CT molecular complexity index is 141. The fraction of sp³-hybridized carbons (Fsp3) is 0.857. The van der Waals surface area contributed by atoms with Crippen LogP contribution in [0.2, 0.25) is 0 Å². The van der Waals surface area contributed by atoms with E-state index in [0.717, 1.165) is 12.8 Å². The molecule has 0 aromatic heterocycles. The second kappa shape index (κ2) is 3.69. The van der Waals surface area contributed by atoms with Gasteiger partial charge in [-0.25, -0.2) is 5.43 Å². The Kier molecular flexibility index (Phi) is 2.84. The van der Waals surface area contributed by atoms with Gasteiger partial charge in [-0.15, -0.1) is 0 Å². The van der Waals surface area contributed by atoms with Crippen LogP contribution in [0.25, 0.3) is 0 Å². The fourth-order valence-corrected chi connectivity index (χ4v) is 1.12. The molecule has 0 spiro atoms. The number of nitrogens with one attached hydrogen (secondary N) is 2. The van der Waals surface area contributed by atoms with E-state index in [1.807, 2.05) is 0 Å². The Labute approximate surface area is 66.3 Å². The van der Waals surface area contributed by atoms with Gasteiger partial charge < -0.3 is 4.74 Å². The first-order valence-electron chi connectivity index (χ1n) is 3.83. The number of carbonyl (C=O) groups excluding carboxylic acids is 1. The molecule has 0 aliphatic carbocycles. The van der Waals surface area contributed by atoms with Crippen LogP contribution in [0.1, 0.15) is 19.8 Å². The molecule has 0 bridgehead atoms. The molecule has 1 aliphatic rings. The summed E-state index contributed by atoms with van der Waals surface area (Å²) < 4.78 is 4.58. The Morgan fingerprint density at radius 3 is 2.64 bits per heavy atom. The number of carbonyl (C=O) groups is 1. The predicted octanol–water partition coefficient (Wildman–Crippen LogP) is -0.196. The van der Waals surface area contributed by atoms with Crippen LogP contribution < -0.4 is 10.9 Å². The molecule has 1 rings (SSSR count). The molecule has 11 heavy (non-hydrogen) atoms. The summed E-state index contributed by atoms with van der Waals surface area (Å²) in [6, 6.07) is 0.270. The summed E-state index contributed by atoms with van der Waals surface area (Å²) in [6.07, 6.45) is 1.85. The normalized spacial score (nSPS) is 31.5. The maximum Gasteiger partial charge on any atom is 0.324 e. The molecule has 0 amide bonds. The topological polar surface area (TPSA) is 50.4 Å². The number of methoxy groups -OCH3 is 1. The third-order valence-electron chi connectivity index (χ3n) is 1.88. The van der Waals surface area contributed by atoms with E-state index in [9.17, 15) is 4.79 Å². The second-order valence-electron chi connectivity index (χ2n) is 2.84. The van der Waals surface area contributed by atoms with Crippen LogP contribution in [0, 0.1) is 0 Å². The number of rotatable bonds is 1. The highest BCUT2D eigenvalue weighted by molar-refractivity contribution is 5.75. The van der Waals surface area contributed by atoms with Gasteiger partial charge in [-0.3, -0.25) is 10.2 Å². The Morgan fingerprint density at radius 2 is 2.18 bits per heavy atom. The highest BCUT2D eigenvalue weighted by Gasteiger charge is 2.23. The summed E-state index contributed by atoms with van der Waals surface area (Å²) in [7, 11) is 1.40. The minimum Gasteiger partial charge on any atom is -0.468 e. The van der Waals surface area contributed by atoms with E-state index < -0.39 is 0 Å². The molecule has 64 valence electrons. The van der Waals surface area contributed by atoms with Gasteiger partial charge in [0, 0.05) is 6.04 Å². The Hall–Kier alpha value is -0.610. The van der Waals surface area contributed by atoms with E-state index in [1.165, 1.54) is 7.11 Å². The van der Waals surface area contributed by atoms with Crippen molar-refractivity contribution >= 4 is 5.97 Å². The molecule has 2 N–H and O–H groups in total. The zero-order valence-corrected chi connectivity index (χ0v) is 6.89. The minimum absolute atomic E-state index is 0.170. The van der Waals surface area contributed by atoms with Crippen LogP contribution in [-0.2, 0) is 9.53 Å². The van der Waals surface area contributed by atoms with E-state index in [4.69, 9.17) is 0 Å². The summed E-state index contributed by atoms with van der Waals surface area (Å²) in [5, 5.41) is 0. The summed E-state index contributed by atoms with van der Waals surface area (Å²) in [5.74, 6) is -0.190. The molecule has 1 fully saturated rings. The lowest BCUT2D eigenvalue weighted by molar-refractivity contribution is -0.144. The van der Waals surface area contributed by atoms with Crippen molar-refractivity contribution < 1.29 is 9.53 Å². The lowest BCUT2D eigenvalue weighted by Gasteiger charge is -2.26. The quantitative estimate of drug-likeness (QED) is 0.519. The first kappa shape index (κ1) is 8.49. The molecule has 2 atom stereocenters. The number of ether oxygens (including phenoxy) is 1. The van der Waals surface area contributed by atoms with Crippen molar-refractivity contribution in [3.05, 3.63) is 0 Å². The molecule has 2 unspecified atom stereocenters. The van der Waals surface area contributed by atoms with Gasteiger partial charge in [0.25, 0.3) is 0 Å². The summed E-state index contributed by atoms with van der Waals surface area (Å²) in [5.41, 5.74) is 5.89. The van der Waals surface area contributed by atoms with Gasteiger partial charge in [0.05, 0.1) is 7.11 Å². The van der Waals surface area contributed by atoms with Crippen molar-refractivity contribution in [2.75, 3.05) is 7.11 Å². The number of hydrazine groups is 1. The van der Waals surface area contributed by atoms with Gasteiger partial charge in [0.15, 0.2) is 0 Å². The molecule has 4 nitrogen and oxygen atoms in total. The lowest BCUT2D eigenvalue weighted by atomic mass is 10.1. The summed E-state index contributed by atoms with van der Waals surface area (Å²) >= 11 is 0. The average molecular weight is 158 g/mol. The van der Waals surface area contributed by atoms with Gasteiger partial charge in [-0.05, 0) is 19.8 Å². The Balaban J connectivity index is 2.33. The van der Waals surface area contributed by atoms with Gasteiger partial charge in [-0.2, -0.15) is 0 Å². The van der Waals surface area contributed by atoms with Crippen LogP contribution in [0.4, 0.5) is 0 Å². The first-order chi connectivity index (χ1) is 5.24. The zero-order valence-electron chi connectivity index (χ0n) is 6.89. The van der Waals surface area contributed by atoms with Crippen LogP contribution in [0.5, 0.6) is 0 Å². The highest BCUT2D eigenvalue weighted by atomic mass is 16.5. The molecule has 0 radical (unpaired) electrons. The number of hydrogen-bond donors (Lipinski definition) is 2. The van der Waals surface area contributed by atoms with Crippen molar-refractivity contribution in [1.29, 1.82) is 0 Å². The maximum absolute atomic E-state index is 10.9. The van der Waals surface area contributed by atoms with E-state index in [1.54, 1.807) is 0 Å². The van der Waals surface area contributed by atoms with E-state index >= 15 is 0 Å². The highest BCUT2D eigenvalue weighted by Crippen LogP contribution is 2.06. The molecule has 1 heterocycles. The van der Waals surface area contributed by atoms with Crippen LogP contribution in [0.3, 0.4) is 0 Å². The molecular formula is C7H14N2O2. The van der Waals surface area contributed by atoms with Crippen molar-refractivity contribution in [2.24, 2.45) is 0 Å². The third kappa shape index (κ3) is 2.17. The second-order valence-corrected chi connectivity index (χ2v) is 2.84. The predicted molar refractivity (Wildman–Crippen MR) is 40.8 cm³/mol. The maximum atomic E-state index is 10.9. The van der Waals surface area contributed by atoms with E-state index in [-0.39, 0.29) is 12.0 Å². The SMILES string of the molecule is COC(=O)C1CCC(C)NN1. The van der Waals surface area contributed by atoms with Crippen molar-refractivity contribution in [3.63, 3.8) is 0 Å². The average Bonchev–Trinajstić information content (AvgIpc) is 2.05.